The highest BCUT2D eigenvalue weighted by atomic mass is 16.5. The van der Waals surface area contributed by atoms with E-state index < -0.39 is 0 Å². The molecule has 1 fully saturated rings. The van der Waals surface area contributed by atoms with Crippen LogP contribution >= 0.6 is 0 Å². The second-order valence-electron chi connectivity index (χ2n) is 5.19. The number of nitrogens with zero attached hydrogens (tertiary/aromatic N) is 1. The van der Waals surface area contributed by atoms with Gasteiger partial charge >= 0.3 is 0 Å². The average Bonchev–Trinajstić information content (AvgIpc) is 2.54. The summed E-state index contributed by atoms with van der Waals surface area (Å²) < 4.78 is 10.6. The maximum atomic E-state index is 12.0. The highest BCUT2D eigenvalue weighted by molar-refractivity contribution is 5.95. The van der Waals surface area contributed by atoms with Crippen LogP contribution in [0.5, 0.6) is 5.75 Å². The Morgan fingerprint density at radius 2 is 2.14 bits per heavy atom. The number of methoxy groups -OCH3 is 1. The minimum atomic E-state index is -0.194. The van der Waals surface area contributed by atoms with E-state index in [1.54, 1.807) is 12.0 Å². The number of carbonyl (C=O) groups excluding carboxylic acids is 2. The molecule has 1 N–H and O–H groups in total. The van der Waals surface area contributed by atoms with E-state index in [0.717, 1.165) is 17.9 Å². The summed E-state index contributed by atoms with van der Waals surface area (Å²) in [6, 6.07) is 7.32. The second kappa shape index (κ2) is 7.79. The number of hydrogen-bond donors (Lipinski definition) is 1. The van der Waals surface area contributed by atoms with Crippen LogP contribution in [-0.4, -0.2) is 44.7 Å². The zero-order valence-corrected chi connectivity index (χ0v) is 13.0. The minimum Gasteiger partial charge on any atom is -0.497 e. The molecule has 2 rings (SSSR count). The van der Waals surface area contributed by atoms with Crippen LogP contribution < -0.4 is 15.0 Å². The summed E-state index contributed by atoms with van der Waals surface area (Å²) >= 11 is 0. The Morgan fingerprint density at radius 3 is 2.77 bits per heavy atom. The number of morpholine rings is 1. The molecule has 22 heavy (non-hydrogen) atoms. The number of anilines is 1. The summed E-state index contributed by atoms with van der Waals surface area (Å²) in [5.41, 5.74) is 0.805. The molecular formula is C16H22N2O4. The topological polar surface area (TPSA) is 67.9 Å². The molecule has 0 aliphatic carbocycles. The number of carbonyl (C=O) groups is 2. The van der Waals surface area contributed by atoms with Crippen LogP contribution in [0.3, 0.4) is 0 Å². The van der Waals surface area contributed by atoms with Crippen LogP contribution in [0.2, 0.25) is 0 Å². The molecule has 1 atom stereocenters. The first kappa shape index (κ1) is 16.3. The van der Waals surface area contributed by atoms with Gasteiger partial charge in [-0.25, -0.2) is 0 Å². The lowest BCUT2D eigenvalue weighted by molar-refractivity contribution is -0.129. The molecule has 1 aromatic carbocycles. The lowest BCUT2D eigenvalue weighted by atomic mass is 10.2. The van der Waals surface area contributed by atoms with Gasteiger partial charge in [0.05, 0.1) is 19.8 Å². The third kappa shape index (κ3) is 4.21. The Labute approximate surface area is 130 Å². The van der Waals surface area contributed by atoms with Crippen molar-refractivity contribution >= 4 is 17.5 Å². The third-order valence-electron chi connectivity index (χ3n) is 3.52. The smallest absolute Gasteiger partial charge is 0.253 e. The standard InChI is InChI=1S/C16H22N2O4/c1-3-4-15(19)17-9-14-10-18(16(20)11-22-14)12-5-7-13(21-2)8-6-12/h5-8,14H,3-4,9-11H2,1-2H3,(H,17,19). The lowest BCUT2D eigenvalue weighted by Gasteiger charge is -2.33. The Hall–Kier alpha value is -2.08. The van der Waals surface area contributed by atoms with Gasteiger partial charge < -0.3 is 19.7 Å². The van der Waals surface area contributed by atoms with E-state index >= 15 is 0 Å². The van der Waals surface area contributed by atoms with Crippen LogP contribution in [0.25, 0.3) is 0 Å². The van der Waals surface area contributed by atoms with Crippen molar-refractivity contribution in [1.29, 1.82) is 0 Å². The Morgan fingerprint density at radius 1 is 1.41 bits per heavy atom. The van der Waals surface area contributed by atoms with Crippen LogP contribution in [-0.2, 0) is 14.3 Å². The summed E-state index contributed by atoms with van der Waals surface area (Å²) in [6.07, 6.45) is 1.13. The molecule has 6 nitrogen and oxygen atoms in total. The van der Waals surface area contributed by atoms with Gasteiger partial charge in [0.1, 0.15) is 12.4 Å². The molecule has 0 radical (unpaired) electrons. The number of rotatable bonds is 6. The van der Waals surface area contributed by atoms with Crippen molar-refractivity contribution in [3.8, 4) is 5.75 Å². The van der Waals surface area contributed by atoms with Crippen LogP contribution in [0.1, 0.15) is 19.8 Å². The summed E-state index contributed by atoms with van der Waals surface area (Å²) in [4.78, 5) is 25.2. The fourth-order valence-corrected chi connectivity index (χ4v) is 2.30. The van der Waals surface area contributed by atoms with E-state index in [-0.39, 0.29) is 24.5 Å². The molecule has 0 bridgehead atoms. The molecule has 0 saturated carbocycles. The van der Waals surface area contributed by atoms with E-state index in [1.165, 1.54) is 0 Å². The van der Waals surface area contributed by atoms with E-state index in [2.05, 4.69) is 5.32 Å². The molecule has 1 aliphatic rings. The number of nitrogens with one attached hydrogen (secondary N) is 1. The molecule has 1 aromatic rings. The van der Waals surface area contributed by atoms with Gasteiger partial charge in [0.25, 0.3) is 5.91 Å². The molecular weight excluding hydrogens is 284 g/mol. The van der Waals surface area contributed by atoms with Crippen LogP contribution in [0.15, 0.2) is 24.3 Å². The average molecular weight is 306 g/mol. The highest BCUT2D eigenvalue weighted by Crippen LogP contribution is 2.21. The first-order valence-corrected chi connectivity index (χ1v) is 7.46. The van der Waals surface area contributed by atoms with Crippen molar-refractivity contribution in [2.24, 2.45) is 0 Å². The first-order chi connectivity index (χ1) is 10.6. The number of benzene rings is 1. The highest BCUT2D eigenvalue weighted by Gasteiger charge is 2.27. The normalized spacial score (nSPS) is 18.2. The second-order valence-corrected chi connectivity index (χ2v) is 5.19. The minimum absolute atomic E-state index is 0.0130. The van der Waals surface area contributed by atoms with Gasteiger partial charge in [-0.3, -0.25) is 9.59 Å². The SMILES string of the molecule is CCCC(=O)NCC1CN(c2ccc(OC)cc2)C(=O)CO1. The number of amides is 2. The Balaban J connectivity index is 1.95. The van der Waals surface area contributed by atoms with Gasteiger partial charge in [0, 0.05) is 18.7 Å². The van der Waals surface area contributed by atoms with Crippen LogP contribution in [0, 0.1) is 0 Å². The van der Waals surface area contributed by atoms with Crippen molar-refractivity contribution in [3.63, 3.8) is 0 Å². The van der Waals surface area contributed by atoms with Gasteiger partial charge in [-0.15, -0.1) is 0 Å². The monoisotopic (exact) mass is 306 g/mol. The van der Waals surface area contributed by atoms with Gasteiger partial charge in [0.15, 0.2) is 0 Å². The molecule has 1 unspecified atom stereocenters. The largest absolute Gasteiger partial charge is 0.497 e. The third-order valence-corrected chi connectivity index (χ3v) is 3.52. The molecule has 2 amide bonds. The fraction of sp³-hybridized carbons (Fsp3) is 0.500. The predicted molar refractivity (Wildman–Crippen MR) is 83.0 cm³/mol. The lowest BCUT2D eigenvalue weighted by Crippen LogP contribution is -2.50. The summed E-state index contributed by atoms with van der Waals surface area (Å²) in [7, 11) is 1.60. The van der Waals surface area contributed by atoms with Crippen molar-refractivity contribution in [2.75, 3.05) is 31.7 Å². The summed E-state index contributed by atoms with van der Waals surface area (Å²) in [5.74, 6) is 0.674. The quantitative estimate of drug-likeness (QED) is 0.861. The van der Waals surface area contributed by atoms with E-state index in [4.69, 9.17) is 9.47 Å². The predicted octanol–water partition coefficient (Wildman–Crippen LogP) is 1.34. The van der Waals surface area contributed by atoms with E-state index in [1.807, 2.05) is 31.2 Å². The van der Waals surface area contributed by atoms with Crippen molar-refractivity contribution in [2.45, 2.75) is 25.9 Å². The first-order valence-electron chi connectivity index (χ1n) is 7.46. The van der Waals surface area contributed by atoms with Gasteiger partial charge in [-0.2, -0.15) is 0 Å². The van der Waals surface area contributed by atoms with Crippen LogP contribution in [0.4, 0.5) is 5.69 Å². The van der Waals surface area contributed by atoms with E-state index in [0.29, 0.717) is 19.5 Å². The van der Waals surface area contributed by atoms with Crippen molar-refractivity contribution in [1.82, 2.24) is 5.32 Å². The number of ether oxygens (including phenoxy) is 2. The van der Waals surface area contributed by atoms with E-state index in [9.17, 15) is 9.59 Å². The maximum absolute atomic E-state index is 12.0. The molecule has 1 heterocycles. The maximum Gasteiger partial charge on any atom is 0.253 e. The zero-order valence-electron chi connectivity index (χ0n) is 13.0. The van der Waals surface area contributed by atoms with Gasteiger partial charge in [-0.1, -0.05) is 6.92 Å². The fourth-order valence-electron chi connectivity index (χ4n) is 2.30. The Bertz CT molecular complexity index is 515. The molecule has 0 spiro atoms. The van der Waals surface area contributed by atoms with Crippen molar-refractivity contribution < 1.29 is 19.1 Å². The molecule has 6 heteroatoms. The molecule has 120 valence electrons. The summed E-state index contributed by atoms with van der Waals surface area (Å²) in [6.45, 7) is 2.83. The molecule has 1 saturated heterocycles. The number of hydrogen-bond acceptors (Lipinski definition) is 4. The Kier molecular flexibility index (Phi) is 5.77. The van der Waals surface area contributed by atoms with Crippen molar-refractivity contribution in [3.05, 3.63) is 24.3 Å². The zero-order chi connectivity index (χ0) is 15.9. The molecule has 0 aromatic heterocycles. The van der Waals surface area contributed by atoms with Gasteiger partial charge in [0.2, 0.25) is 5.91 Å². The molecule has 1 aliphatic heterocycles. The summed E-state index contributed by atoms with van der Waals surface area (Å²) in [5, 5.41) is 2.84. The van der Waals surface area contributed by atoms with Gasteiger partial charge in [-0.05, 0) is 30.7 Å².